The summed E-state index contributed by atoms with van der Waals surface area (Å²) in [4.78, 5) is 2.24. The molecule has 0 N–H and O–H groups in total. The third-order valence-electron chi connectivity index (χ3n) is 3.05. The predicted octanol–water partition coefficient (Wildman–Crippen LogP) is 2.57. The number of hydrogen-bond acceptors (Lipinski definition) is 3. The van der Waals surface area contributed by atoms with Gasteiger partial charge in [-0.15, -0.1) is 0 Å². The Hall–Kier alpha value is -0.200. The summed E-state index contributed by atoms with van der Waals surface area (Å²) in [5.41, 5.74) is 0.327. The van der Waals surface area contributed by atoms with Crippen molar-refractivity contribution in [2.45, 2.75) is 33.1 Å². The molecule has 14 heavy (non-hydrogen) atoms. The first-order chi connectivity index (χ1) is 6.64. The van der Waals surface area contributed by atoms with Gasteiger partial charge in [0.1, 0.15) is 0 Å². The SMILES string of the molecule is CCC(CC)(CS)CN(C)CCC#N. The fourth-order valence-electron chi connectivity index (χ4n) is 1.64. The second-order valence-corrected chi connectivity index (χ2v) is 4.33. The van der Waals surface area contributed by atoms with Gasteiger partial charge in [-0.1, -0.05) is 13.8 Å². The van der Waals surface area contributed by atoms with E-state index in [1.807, 2.05) is 0 Å². The highest BCUT2D eigenvalue weighted by molar-refractivity contribution is 7.80. The lowest BCUT2D eigenvalue weighted by molar-refractivity contribution is 0.187. The maximum Gasteiger partial charge on any atom is 0.0635 e. The molecule has 0 bridgehead atoms. The van der Waals surface area contributed by atoms with Gasteiger partial charge >= 0.3 is 0 Å². The third kappa shape index (κ3) is 4.34. The van der Waals surface area contributed by atoms with Crippen LogP contribution in [0, 0.1) is 16.7 Å². The second kappa shape index (κ2) is 7.14. The van der Waals surface area contributed by atoms with Gasteiger partial charge in [0.25, 0.3) is 0 Å². The lowest BCUT2D eigenvalue weighted by atomic mass is 9.84. The lowest BCUT2D eigenvalue weighted by Crippen LogP contribution is -2.36. The van der Waals surface area contributed by atoms with Crippen molar-refractivity contribution in [3.63, 3.8) is 0 Å². The molecule has 0 heterocycles. The van der Waals surface area contributed by atoms with Crippen molar-refractivity contribution in [1.82, 2.24) is 4.90 Å². The smallest absolute Gasteiger partial charge is 0.0635 e. The first kappa shape index (κ1) is 13.8. The standard InChI is InChI=1S/C11H22N2S/c1-4-11(5-2,10-14)9-13(3)8-6-7-12/h14H,4-6,8-10H2,1-3H3. The Morgan fingerprint density at radius 1 is 1.36 bits per heavy atom. The average molecular weight is 214 g/mol. The van der Waals surface area contributed by atoms with Crippen molar-refractivity contribution >= 4 is 12.6 Å². The summed E-state index contributed by atoms with van der Waals surface area (Å²) in [6.45, 7) is 6.35. The normalized spacial score (nSPS) is 11.7. The lowest BCUT2D eigenvalue weighted by Gasteiger charge is -2.34. The van der Waals surface area contributed by atoms with Crippen LogP contribution in [0.1, 0.15) is 33.1 Å². The monoisotopic (exact) mass is 214 g/mol. The van der Waals surface area contributed by atoms with E-state index in [9.17, 15) is 0 Å². The van der Waals surface area contributed by atoms with Gasteiger partial charge in [0, 0.05) is 19.5 Å². The van der Waals surface area contributed by atoms with E-state index < -0.39 is 0 Å². The number of rotatable bonds is 7. The van der Waals surface area contributed by atoms with E-state index in [1.54, 1.807) is 0 Å². The van der Waals surface area contributed by atoms with Crippen LogP contribution < -0.4 is 0 Å². The molecule has 0 aromatic heterocycles. The minimum absolute atomic E-state index is 0.327. The molecule has 0 aromatic rings. The number of hydrogen-bond donors (Lipinski definition) is 1. The molecular formula is C11H22N2S. The van der Waals surface area contributed by atoms with Gasteiger partial charge in [-0.25, -0.2) is 0 Å². The summed E-state index contributed by atoms with van der Waals surface area (Å²) in [7, 11) is 2.08. The van der Waals surface area contributed by atoms with Gasteiger partial charge < -0.3 is 4.90 Å². The minimum Gasteiger partial charge on any atom is -0.305 e. The van der Waals surface area contributed by atoms with Crippen LogP contribution in [0.4, 0.5) is 0 Å². The maximum absolute atomic E-state index is 8.49. The van der Waals surface area contributed by atoms with Crippen molar-refractivity contribution in [2.75, 3.05) is 25.9 Å². The average Bonchev–Trinajstić information content (AvgIpc) is 2.23. The molecule has 0 aliphatic rings. The van der Waals surface area contributed by atoms with Crippen molar-refractivity contribution in [2.24, 2.45) is 5.41 Å². The summed E-state index contributed by atoms with van der Waals surface area (Å²) >= 11 is 4.44. The van der Waals surface area contributed by atoms with Gasteiger partial charge in [0.05, 0.1) is 6.07 Å². The van der Waals surface area contributed by atoms with E-state index in [0.717, 1.165) is 31.7 Å². The number of nitrogens with zero attached hydrogens (tertiary/aromatic N) is 2. The van der Waals surface area contributed by atoms with Gasteiger partial charge in [-0.2, -0.15) is 17.9 Å². The molecule has 0 saturated carbocycles. The molecule has 0 spiro atoms. The Morgan fingerprint density at radius 3 is 2.29 bits per heavy atom. The predicted molar refractivity (Wildman–Crippen MR) is 64.6 cm³/mol. The van der Waals surface area contributed by atoms with Crippen LogP contribution in [-0.4, -0.2) is 30.8 Å². The largest absolute Gasteiger partial charge is 0.305 e. The zero-order valence-corrected chi connectivity index (χ0v) is 10.5. The summed E-state index contributed by atoms with van der Waals surface area (Å²) in [6.07, 6.45) is 2.93. The fraction of sp³-hybridized carbons (Fsp3) is 0.909. The Kier molecular flexibility index (Phi) is 7.04. The Bertz CT molecular complexity index is 174. The van der Waals surface area contributed by atoms with Crippen LogP contribution in [0.15, 0.2) is 0 Å². The van der Waals surface area contributed by atoms with Crippen LogP contribution in [0.25, 0.3) is 0 Å². The highest BCUT2D eigenvalue weighted by Crippen LogP contribution is 2.28. The van der Waals surface area contributed by atoms with Crippen molar-refractivity contribution in [1.29, 1.82) is 5.26 Å². The zero-order chi connectivity index (χ0) is 11.0. The van der Waals surface area contributed by atoms with Gasteiger partial charge in [-0.3, -0.25) is 0 Å². The van der Waals surface area contributed by atoms with Crippen LogP contribution >= 0.6 is 12.6 Å². The molecule has 0 fully saturated rings. The first-order valence-corrected chi connectivity index (χ1v) is 5.93. The summed E-state index contributed by atoms with van der Waals surface area (Å²) in [5, 5.41) is 8.49. The van der Waals surface area contributed by atoms with E-state index in [0.29, 0.717) is 11.8 Å². The molecular weight excluding hydrogens is 192 g/mol. The molecule has 3 heteroatoms. The Morgan fingerprint density at radius 2 is 1.93 bits per heavy atom. The van der Waals surface area contributed by atoms with E-state index in [2.05, 4.69) is 44.5 Å². The van der Waals surface area contributed by atoms with Crippen molar-refractivity contribution in [3.8, 4) is 6.07 Å². The van der Waals surface area contributed by atoms with Gasteiger partial charge in [0.2, 0.25) is 0 Å². The molecule has 0 unspecified atom stereocenters. The molecule has 0 aliphatic heterocycles. The molecule has 0 aliphatic carbocycles. The highest BCUT2D eigenvalue weighted by Gasteiger charge is 2.25. The Balaban J connectivity index is 4.09. The van der Waals surface area contributed by atoms with E-state index in [1.165, 1.54) is 0 Å². The highest BCUT2D eigenvalue weighted by atomic mass is 32.1. The molecule has 0 saturated heterocycles. The van der Waals surface area contributed by atoms with E-state index >= 15 is 0 Å². The molecule has 0 aromatic carbocycles. The van der Waals surface area contributed by atoms with Crippen LogP contribution in [0.2, 0.25) is 0 Å². The van der Waals surface area contributed by atoms with E-state index in [-0.39, 0.29) is 0 Å². The summed E-state index contributed by atoms with van der Waals surface area (Å²) in [6, 6.07) is 2.18. The minimum atomic E-state index is 0.327. The number of nitriles is 1. The van der Waals surface area contributed by atoms with Crippen LogP contribution in [0.5, 0.6) is 0 Å². The van der Waals surface area contributed by atoms with Crippen molar-refractivity contribution in [3.05, 3.63) is 0 Å². The van der Waals surface area contributed by atoms with Gasteiger partial charge in [0.15, 0.2) is 0 Å². The van der Waals surface area contributed by atoms with Crippen molar-refractivity contribution < 1.29 is 0 Å². The summed E-state index contributed by atoms with van der Waals surface area (Å²) in [5.74, 6) is 0.927. The van der Waals surface area contributed by atoms with E-state index in [4.69, 9.17) is 5.26 Å². The molecule has 82 valence electrons. The first-order valence-electron chi connectivity index (χ1n) is 5.30. The topological polar surface area (TPSA) is 27.0 Å². The molecule has 0 rings (SSSR count). The zero-order valence-electron chi connectivity index (χ0n) is 9.58. The molecule has 2 nitrogen and oxygen atoms in total. The van der Waals surface area contributed by atoms with Crippen LogP contribution in [0.3, 0.4) is 0 Å². The third-order valence-corrected chi connectivity index (χ3v) is 3.72. The second-order valence-electron chi connectivity index (χ2n) is 4.01. The molecule has 0 amide bonds. The van der Waals surface area contributed by atoms with Crippen LogP contribution in [-0.2, 0) is 0 Å². The quantitative estimate of drug-likeness (QED) is 0.659. The Labute approximate surface area is 93.7 Å². The fourth-order valence-corrected chi connectivity index (χ4v) is 2.19. The molecule has 0 atom stereocenters. The molecule has 0 radical (unpaired) electrons. The maximum atomic E-state index is 8.49. The summed E-state index contributed by atoms with van der Waals surface area (Å²) < 4.78 is 0. The van der Waals surface area contributed by atoms with Gasteiger partial charge in [-0.05, 0) is 31.1 Å². The number of thiol groups is 1.